The summed E-state index contributed by atoms with van der Waals surface area (Å²) in [7, 11) is 1.97. The number of carbonyl (C=O) groups is 1. The monoisotopic (exact) mass is 185 g/mol. The van der Waals surface area contributed by atoms with Gasteiger partial charge in [-0.1, -0.05) is 0 Å². The highest BCUT2D eigenvalue weighted by Gasteiger charge is 2.22. The molecule has 1 rings (SSSR count). The first-order chi connectivity index (χ1) is 6.09. The normalized spacial score (nSPS) is 29.2. The van der Waals surface area contributed by atoms with Gasteiger partial charge in [0.2, 0.25) is 5.91 Å². The van der Waals surface area contributed by atoms with Crippen molar-refractivity contribution in [3.05, 3.63) is 0 Å². The first kappa shape index (κ1) is 10.5. The Morgan fingerprint density at radius 3 is 2.92 bits per heavy atom. The number of likely N-dealkylation sites (N-methyl/N-ethyl adjacent to an activating group) is 1. The van der Waals surface area contributed by atoms with Crippen molar-refractivity contribution in [1.29, 1.82) is 0 Å². The van der Waals surface area contributed by atoms with Crippen LogP contribution in [-0.4, -0.2) is 43.0 Å². The van der Waals surface area contributed by atoms with Gasteiger partial charge in [0, 0.05) is 12.1 Å². The van der Waals surface area contributed by atoms with Gasteiger partial charge in [-0.15, -0.1) is 0 Å². The van der Waals surface area contributed by atoms with Crippen LogP contribution in [0.4, 0.5) is 0 Å². The number of nitrogens with one attached hydrogen (secondary N) is 1. The van der Waals surface area contributed by atoms with Gasteiger partial charge in [-0.25, -0.2) is 0 Å². The molecule has 1 saturated heterocycles. The third kappa shape index (κ3) is 3.32. The lowest BCUT2D eigenvalue weighted by Gasteiger charge is -2.34. The Morgan fingerprint density at radius 1 is 1.69 bits per heavy atom. The van der Waals surface area contributed by atoms with Gasteiger partial charge in [-0.05, 0) is 33.4 Å². The first-order valence-electron chi connectivity index (χ1n) is 4.81. The molecular formula is C9H19N3O. The van der Waals surface area contributed by atoms with Crippen LogP contribution in [0.15, 0.2) is 0 Å². The van der Waals surface area contributed by atoms with Gasteiger partial charge in [0.05, 0.1) is 6.54 Å². The molecule has 0 aromatic heterocycles. The van der Waals surface area contributed by atoms with Crippen LogP contribution in [0, 0.1) is 0 Å². The molecule has 13 heavy (non-hydrogen) atoms. The minimum absolute atomic E-state index is 0.242. The Hall–Kier alpha value is -0.610. The van der Waals surface area contributed by atoms with E-state index in [1.807, 2.05) is 7.05 Å². The highest BCUT2D eigenvalue weighted by atomic mass is 16.1. The lowest BCUT2D eigenvalue weighted by atomic mass is 9.99. The van der Waals surface area contributed by atoms with Gasteiger partial charge >= 0.3 is 0 Å². The van der Waals surface area contributed by atoms with Gasteiger partial charge in [0.25, 0.3) is 0 Å². The number of nitrogens with two attached hydrogens (primary N) is 1. The second kappa shape index (κ2) is 4.58. The summed E-state index contributed by atoms with van der Waals surface area (Å²) >= 11 is 0. The molecule has 2 atom stereocenters. The van der Waals surface area contributed by atoms with Crippen LogP contribution < -0.4 is 11.1 Å². The van der Waals surface area contributed by atoms with E-state index in [1.54, 1.807) is 0 Å². The van der Waals surface area contributed by atoms with Crippen LogP contribution in [0.5, 0.6) is 0 Å². The third-order valence-corrected chi connectivity index (χ3v) is 2.62. The molecule has 3 N–H and O–H groups in total. The SMILES string of the molecule is CC1CC(N(C)CC(N)=O)CCN1. The quantitative estimate of drug-likeness (QED) is 0.626. The fourth-order valence-corrected chi connectivity index (χ4v) is 1.88. The second-order valence-corrected chi connectivity index (χ2v) is 3.91. The number of rotatable bonds is 3. The van der Waals surface area contributed by atoms with Crippen molar-refractivity contribution < 1.29 is 4.79 Å². The Bertz CT molecular complexity index is 184. The zero-order valence-corrected chi connectivity index (χ0v) is 8.42. The highest BCUT2D eigenvalue weighted by molar-refractivity contribution is 5.75. The van der Waals surface area contributed by atoms with Crippen molar-refractivity contribution >= 4 is 5.91 Å². The maximum atomic E-state index is 10.7. The Kier molecular flexibility index (Phi) is 3.69. The Labute approximate surface area is 79.5 Å². The van der Waals surface area contributed by atoms with E-state index in [1.165, 1.54) is 0 Å². The van der Waals surface area contributed by atoms with E-state index in [9.17, 15) is 4.79 Å². The third-order valence-electron chi connectivity index (χ3n) is 2.62. The highest BCUT2D eigenvalue weighted by Crippen LogP contribution is 2.13. The number of primary amides is 1. The molecule has 1 amide bonds. The maximum absolute atomic E-state index is 10.7. The molecule has 4 heteroatoms. The van der Waals surface area contributed by atoms with Crippen LogP contribution in [0.2, 0.25) is 0 Å². The van der Waals surface area contributed by atoms with Gasteiger partial charge in [0.1, 0.15) is 0 Å². The standard InChI is InChI=1S/C9H19N3O/c1-7-5-8(3-4-11-7)12(2)6-9(10)13/h7-8,11H,3-6H2,1-2H3,(H2,10,13). The topological polar surface area (TPSA) is 58.4 Å². The van der Waals surface area contributed by atoms with Gasteiger partial charge in [-0.3, -0.25) is 9.69 Å². The van der Waals surface area contributed by atoms with Crippen molar-refractivity contribution in [1.82, 2.24) is 10.2 Å². The molecule has 1 aliphatic rings. The number of hydrogen-bond acceptors (Lipinski definition) is 3. The molecule has 1 fully saturated rings. The minimum Gasteiger partial charge on any atom is -0.369 e. The van der Waals surface area contributed by atoms with Crippen molar-refractivity contribution in [3.63, 3.8) is 0 Å². The van der Waals surface area contributed by atoms with Gasteiger partial charge < -0.3 is 11.1 Å². The summed E-state index contributed by atoms with van der Waals surface area (Å²) in [4.78, 5) is 12.8. The average Bonchev–Trinajstić information content (AvgIpc) is 2.03. The predicted octanol–water partition coefficient (Wildman–Crippen LogP) is -0.456. The first-order valence-corrected chi connectivity index (χ1v) is 4.81. The van der Waals surface area contributed by atoms with Crippen LogP contribution >= 0.6 is 0 Å². The van der Waals surface area contributed by atoms with E-state index in [0.29, 0.717) is 18.6 Å². The number of piperidine rings is 1. The van der Waals surface area contributed by atoms with E-state index in [-0.39, 0.29) is 5.91 Å². The minimum atomic E-state index is -0.242. The van der Waals surface area contributed by atoms with E-state index in [2.05, 4.69) is 17.1 Å². The van der Waals surface area contributed by atoms with Crippen LogP contribution in [0.1, 0.15) is 19.8 Å². The number of nitrogens with zero attached hydrogens (tertiary/aromatic N) is 1. The summed E-state index contributed by atoms with van der Waals surface area (Å²) in [6.07, 6.45) is 2.21. The number of carbonyl (C=O) groups excluding carboxylic acids is 1. The molecule has 0 aromatic carbocycles. The molecule has 0 spiro atoms. The zero-order chi connectivity index (χ0) is 9.84. The smallest absolute Gasteiger partial charge is 0.231 e. The molecular weight excluding hydrogens is 166 g/mol. The second-order valence-electron chi connectivity index (χ2n) is 3.91. The van der Waals surface area contributed by atoms with Crippen LogP contribution in [0.25, 0.3) is 0 Å². The summed E-state index contributed by atoms with van der Waals surface area (Å²) in [5.74, 6) is -0.242. The molecule has 1 aliphatic heterocycles. The van der Waals surface area contributed by atoms with Gasteiger partial charge in [0.15, 0.2) is 0 Å². The maximum Gasteiger partial charge on any atom is 0.231 e. The summed E-state index contributed by atoms with van der Waals surface area (Å²) in [5, 5.41) is 3.38. The lowest BCUT2D eigenvalue weighted by molar-refractivity contribution is -0.119. The molecule has 0 radical (unpaired) electrons. The molecule has 0 aliphatic carbocycles. The van der Waals surface area contributed by atoms with Crippen molar-refractivity contribution in [2.75, 3.05) is 20.1 Å². The van der Waals surface area contributed by atoms with E-state index in [4.69, 9.17) is 5.73 Å². The molecule has 2 unspecified atom stereocenters. The van der Waals surface area contributed by atoms with E-state index in [0.717, 1.165) is 19.4 Å². The van der Waals surface area contributed by atoms with Crippen LogP contribution in [0.3, 0.4) is 0 Å². The molecule has 76 valence electrons. The fraction of sp³-hybridized carbons (Fsp3) is 0.889. The molecule has 0 aromatic rings. The van der Waals surface area contributed by atoms with Crippen molar-refractivity contribution in [2.24, 2.45) is 5.73 Å². The predicted molar refractivity (Wildman–Crippen MR) is 52.3 cm³/mol. The Morgan fingerprint density at radius 2 is 2.38 bits per heavy atom. The van der Waals surface area contributed by atoms with Crippen LogP contribution in [-0.2, 0) is 4.79 Å². The van der Waals surface area contributed by atoms with Crippen molar-refractivity contribution in [2.45, 2.75) is 31.8 Å². The van der Waals surface area contributed by atoms with Gasteiger partial charge in [-0.2, -0.15) is 0 Å². The summed E-state index contributed by atoms with van der Waals surface area (Å²) < 4.78 is 0. The van der Waals surface area contributed by atoms with E-state index < -0.39 is 0 Å². The zero-order valence-electron chi connectivity index (χ0n) is 8.42. The Balaban J connectivity index is 2.36. The lowest BCUT2D eigenvalue weighted by Crippen LogP contribution is -2.47. The average molecular weight is 185 g/mol. The molecule has 4 nitrogen and oxygen atoms in total. The molecule has 0 saturated carbocycles. The fourth-order valence-electron chi connectivity index (χ4n) is 1.88. The van der Waals surface area contributed by atoms with Crippen molar-refractivity contribution in [3.8, 4) is 0 Å². The summed E-state index contributed by atoms with van der Waals surface area (Å²) in [5.41, 5.74) is 5.14. The summed E-state index contributed by atoms with van der Waals surface area (Å²) in [6, 6.07) is 1.05. The molecule has 1 heterocycles. The number of amides is 1. The summed E-state index contributed by atoms with van der Waals surface area (Å²) in [6.45, 7) is 3.58. The van der Waals surface area contributed by atoms with E-state index >= 15 is 0 Å². The molecule has 0 bridgehead atoms. The number of hydrogen-bond donors (Lipinski definition) is 2. The largest absolute Gasteiger partial charge is 0.369 e.